The maximum atomic E-state index is 12.9. The second-order valence-corrected chi connectivity index (χ2v) is 5.78. The van der Waals surface area contributed by atoms with Crippen LogP contribution in [0.15, 0.2) is 42.5 Å². The van der Waals surface area contributed by atoms with Gasteiger partial charge in [0.2, 0.25) is 0 Å². The first-order valence-electron chi connectivity index (χ1n) is 7.41. The van der Waals surface area contributed by atoms with Crippen LogP contribution < -0.4 is 9.64 Å². The first-order valence-corrected chi connectivity index (χ1v) is 7.41. The number of hydrogen-bond acceptors (Lipinski definition) is 2. The molecule has 2 aliphatic rings. The molecule has 2 aromatic rings. The zero-order chi connectivity index (χ0) is 14.4. The molecule has 2 aromatic carbocycles. The Hall–Kier alpha value is -2.29. The van der Waals surface area contributed by atoms with E-state index in [1.54, 1.807) is 0 Å². The third-order valence-electron chi connectivity index (χ3n) is 4.36. The van der Waals surface area contributed by atoms with Crippen molar-refractivity contribution in [1.82, 2.24) is 0 Å². The molecule has 0 spiro atoms. The minimum Gasteiger partial charge on any atom is -0.493 e. The number of nitrogens with zero attached hydrogens (tertiary/aromatic N) is 1. The number of anilines is 1. The Balaban J connectivity index is 1.72. The molecule has 0 fully saturated rings. The third-order valence-corrected chi connectivity index (χ3v) is 4.36. The van der Waals surface area contributed by atoms with Crippen LogP contribution >= 0.6 is 0 Å². The lowest BCUT2D eigenvalue weighted by Gasteiger charge is -2.23. The van der Waals surface area contributed by atoms with Crippen LogP contribution in [0.4, 0.5) is 5.69 Å². The highest BCUT2D eigenvalue weighted by Crippen LogP contribution is 2.34. The number of rotatable bonds is 1. The number of carbonyl (C=O) groups is 1. The van der Waals surface area contributed by atoms with Crippen LogP contribution in [-0.4, -0.2) is 18.6 Å². The summed E-state index contributed by atoms with van der Waals surface area (Å²) in [4.78, 5) is 14.8. The van der Waals surface area contributed by atoms with E-state index in [4.69, 9.17) is 4.74 Å². The monoisotopic (exact) mass is 279 g/mol. The van der Waals surface area contributed by atoms with Crippen LogP contribution in [0, 0.1) is 0 Å². The highest BCUT2D eigenvalue weighted by atomic mass is 16.5. The number of carbonyl (C=O) groups excluding carboxylic acids is 1. The average molecular weight is 279 g/mol. The van der Waals surface area contributed by atoms with Crippen molar-refractivity contribution < 1.29 is 9.53 Å². The highest BCUT2D eigenvalue weighted by Gasteiger charge is 2.31. The largest absolute Gasteiger partial charge is 0.493 e. The predicted octanol–water partition coefficient (Wildman–Crippen LogP) is 3.21. The molecule has 0 bridgehead atoms. The van der Waals surface area contributed by atoms with Crippen LogP contribution in [0.5, 0.6) is 5.75 Å². The van der Waals surface area contributed by atoms with Crippen LogP contribution in [-0.2, 0) is 12.8 Å². The van der Waals surface area contributed by atoms with E-state index in [0.717, 1.165) is 42.0 Å². The van der Waals surface area contributed by atoms with Crippen molar-refractivity contribution in [2.75, 3.05) is 11.5 Å². The predicted molar refractivity (Wildman–Crippen MR) is 82.1 cm³/mol. The van der Waals surface area contributed by atoms with Crippen molar-refractivity contribution in [1.29, 1.82) is 0 Å². The molecule has 3 heteroatoms. The quantitative estimate of drug-likeness (QED) is 0.802. The lowest BCUT2D eigenvalue weighted by Crippen LogP contribution is -2.35. The summed E-state index contributed by atoms with van der Waals surface area (Å²) in [5, 5.41) is 0. The molecule has 0 aromatic heterocycles. The molecule has 0 aliphatic carbocycles. The minimum atomic E-state index is 0.0853. The second kappa shape index (κ2) is 4.62. The standard InChI is InChI=1S/C18H17NO2/c1-12-10-13-4-2-3-5-16(13)19(12)18(20)15-6-7-17-14(11-15)8-9-21-17/h2-7,11-12H,8-10H2,1H3. The summed E-state index contributed by atoms with van der Waals surface area (Å²) in [6, 6.07) is 14.2. The van der Waals surface area contributed by atoms with E-state index in [1.807, 2.05) is 41.3 Å². The maximum Gasteiger partial charge on any atom is 0.258 e. The zero-order valence-corrected chi connectivity index (χ0v) is 12.0. The first kappa shape index (κ1) is 12.5. The van der Waals surface area contributed by atoms with Gasteiger partial charge in [-0.05, 0) is 48.7 Å². The molecule has 2 aliphatic heterocycles. The van der Waals surface area contributed by atoms with Gasteiger partial charge < -0.3 is 9.64 Å². The summed E-state index contributed by atoms with van der Waals surface area (Å²) in [6.45, 7) is 2.82. The molecule has 3 nitrogen and oxygen atoms in total. The molecule has 21 heavy (non-hydrogen) atoms. The number of benzene rings is 2. The maximum absolute atomic E-state index is 12.9. The van der Waals surface area contributed by atoms with Crippen LogP contribution in [0.3, 0.4) is 0 Å². The van der Waals surface area contributed by atoms with Gasteiger partial charge in [0.05, 0.1) is 6.61 Å². The van der Waals surface area contributed by atoms with Gasteiger partial charge in [0, 0.05) is 23.7 Å². The van der Waals surface area contributed by atoms with E-state index in [1.165, 1.54) is 5.56 Å². The summed E-state index contributed by atoms with van der Waals surface area (Å²) < 4.78 is 5.51. The number of ether oxygens (including phenoxy) is 1. The molecule has 1 amide bonds. The Bertz CT molecular complexity index is 723. The summed E-state index contributed by atoms with van der Waals surface area (Å²) in [5.41, 5.74) is 4.19. The number of amides is 1. The van der Waals surface area contributed by atoms with Gasteiger partial charge in [-0.25, -0.2) is 0 Å². The van der Waals surface area contributed by atoms with E-state index < -0.39 is 0 Å². The van der Waals surface area contributed by atoms with Crippen molar-refractivity contribution in [2.24, 2.45) is 0 Å². The van der Waals surface area contributed by atoms with Crippen molar-refractivity contribution in [3.8, 4) is 5.75 Å². The minimum absolute atomic E-state index is 0.0853. The fraction of sp³-hybridized carbons (Fsp3) is 0.278. The van der Waals surface area contributed by atoms with Gasteiger partial charge in [-0.2, -0.15) is 0 Å². The third kappa shape index (κ3) is 1.92. The Morgan fingerprint density at radius 1 is 1.19 bits per heavy atom. The topological polar surface area (TPSA) is 29.5 Å². The lowest BCUT2D eigenvalue weighted by atomic mass is 10.1. The molecule has 0 N–H and O–H groups in total. The van der Waals surface area contributed by atoms with Gasteiger partial charge in [0.25, 0.3) is 5.91 Å². The number of hydrogen-bond donors (Lipinski definition) is 0. The second-order valence-electron chi connectivity index (χ2n) is 5.78. The molecule has 2 heterocycles. The first-order chi connectivity index (χ1) is 10.2. The summed E-state index contributed by atoms with van der Waals surface area (Å²) in [5.74, 6) is 1.00. The Kier molecular flexibility index (Phi) is 2.74. The Morgan fingerprint density at radius 2 is 2.05 bits per heavy atom. The van der Waals surface area contributed by atoms with Gasteiger partial charge >= 0.3 is 0 Å². The SMILES string of the molecule is CC1Cc2ccccc2N1C(=O)c1ccc2c(c1)CCO2. The van der Waals surface area contributed by atoms with Gasteiger partial charge in [-0.15, -0.1) is 0 Å². The van der Waals surface area contributed by atoms with Crippen LogP contribution in [0.25, 0.3) is 0 Å². The number of fused-ring (bicyclic) bond motifs is 2. The molecule has 106 valence electrons. The average Bonchev–Trinajstić information content (AvgIpc) is 3.08. The smallest absolute Gasteiger partial charge is 0.258 e. The molecule has 0 saturated heterocycles. The van der Waals surface area contributed by atoms with Crippen LogP contribution in [0.2, 0.25) is 0 Å². The van der Waals surface area contributed by atoms with E-state index in [0.29, 0.717) is 0 Å². The molecular formula is C18H17NO2. The molecule has 0 radical (unpaired) electrons. The molecule has 1 atom stereocenters. The van der Waals surface area contributed by atoms with E-state index in [9.17, 15) is 4.79 Å². The van der Waals surface area contributed by atoms with E-state index in [-0.39, 0.29) is 11.9 Å². The van der Waals surface area contributed by atoms with Gasteiger partial charge in [-0.1, -0.05) is 18.2 Å². The molecule has 4 rings (SSSR count). The van der Waals surface area contributed by atoms with Gasteiger partial charge in [-0.3, -0.25) is 4.79 Å². The highest BCUT2D eigenvalue weighted by molar-refractivity contribution is 6.08. The zero-order valence-electron chi connectivity index (χ0n) is 12.0. The summed E-state index contributed by atoms with van der Waals surface area (Å²) in [6.07, 6.45) is 1.82. The Morgan fingerprint density at radius 3 is 2.95 bits per heavy atom. The summed E-state index contributed by atoms with van der Waals surface area (Å²) >= 11 is 0. The fourth-order valence-electron chi connectivity index (χ4n) is 3.33. The lowest BCUT2D eigenvalue weighted by molar-refractivity contribution is 0.0981. The summed E-state index contributed by atoms with van der Waals surface area (Å²) in [7, 11) is 0. The molecule has 1 unspecified atom stereocenters. The van der Waals surface area contributed by atoms with Crippen molar-refractivity contribution in [3.05, 3.63) is 59.2 Å². The number of para-hydroxylation sites is 1. The van der Waals surface area contributed by atoms with Crippen LogP contribution in [0.1, 0.15) is 28.4 Å². The molecule has 0 saturated carbocycles. The van der Waals surface area contributed by atoms with Crippen molar-refractivity contribution in [2.45, 2.75) is 25.8 Å². The van der Waals surface area contributed by atoms with Crippen molar-refractivity contribution in [3.63, 3.8) is 0 Å². The fourth-order valence-corrected chi connectivity index (χ4v) is 3.33. The van der Waals surface area contributed by atoms with E-state index in [2.05, 4.69) is 13.0 Å². The van der Waals surface area contributed by atoms with E-state index >= 15 is 0 Å². The van der Waals surface area contributed by atoms with Gasteiger partial charge in [0.15, 0.2) is 0 Å². The normalized spacial score (nSPS) is 19.1. The Labute approximate surface area is 124 Å². The van der Waals surface area contributed by atoms with Crippen molar-refractivity contribution >= 4 is 11.6 Å². The molecular weight excluding hydrogens is 262 g/mol. The van der Waals surface area contributed by atoms with Gasteiger partial charge in [0.1, 0.15) is 5.75 Å².